The second kappa shape index (κ2) is 5.05. The van der Waals surface area contributed by atoms with Crippen LogP contribution in [-0.2, 0) is 0 Å². The molecule has 1 aromatic heterocycles. The lowest BCUT2D eigenvalue weighted by Gasteiger charge is -2.07. The van der Waals surface area contributed by atoms with Crippen molar-refractivity contribution in [3.63, 3.8) is 0 Å². The average molecular weight is 292 g/mol. The van der Waals surface area contributed by atoms with Crippen LogP contribution in [0.15, 0.2) is 41.1 Å². The molecule has 0 unspecified atom stereocenters. The molecule has 0 spiro atoms. The lowest BCUT2D eigenvalue weighted by atomic mass is 10.2. The summed E-state index contributed by atoms with van der Waals surface area (Å²) in [6, 6.07) is 7.38. The number of anilines is 1. The number of aromatic nitrogens is 2. The van der Waals surface area contributed by atoms with Crippen molar-refractivity contribution in [1.29, 1.82) is 0 Å². The summed E-state index contributed by atoms with van der Waals surface area (Å²) in [5.74, 6) is -0.203. The van der Waals surface area contributed by atoms with Gasteiger partial charge in [0.25, 0.3) is 5.91 Å². The van der Waals surface area contributed by atoms with Gasteiger partial charge in [0, 0.05) is 4.47 Å². The van der Waals surface area contributed by atoms with Crippen LogP contribution < -0.4 is 5.32 Å². The Hall–Kier alpha value is -1.75. The van der Waals surface area contributed by atoms with Gasteiger partial charge in [-0.25, -0.2) is 0 Å². The number of hydrogen-bond acceptors (Lipinski definition) is 3. The molecule has 0 saturated heterocycles. The van der Waals surface area contributed by atoms with E-state index in [0.717, 1.165) is 15.7 Å². The van der Waals surface area contributed by atoms with Gasteiger partial charge in [0.1, 0.15) is 0 Å². The Labute approximate surface area is 107 Å². The fraction of sp³-hybridized carbons (Fsp3) is 0.0833. The lowest BCUT2D eigenvalue weighted by molar-refractivity contribution is 0.102. The third-order valence-electron chi connectivity index (χ3n) is 2.22. The molecule has 2 rings (SSSR count). The molecular formula is C12H10BrN3O. The number of rotatable bonds is 2. The molecule has 2 aromatic rings. The molecule has 5 heteroatoms. The largest absolute Gasteiger partial charge is 0.321 e. The number of carbonyl (C=O) groups is 1. The molecular weight excluding hydrogens is 282 g/mol. The zero-order valence-electron chi connectivity index (χ0n) is 9.14. The highest BCUT2D eigenvalue weighted by atomic mass is 79.9. The van der Waals surface area contributed by atoms with E-state index in [9.17, 15) is 4.79 Å². The second-order valence-electron chi connectivity index (χ2n) is 3.57. The number of halogens is 1. The molecule has 1 heterocycles. The van der Waals surface area contributed by atoms with E-state index in [2.05, 4.69) is 31.4 Å². The molecule has 1 N–H and O–H groups in total. The number of hydrogen-bond donors (Lipinski definition) is 1. The summed E-state index contributed by atoms with van der Waals surface area (Å²) < 4.78 is 0.846. The van der Waals surface area contributed by atoms with Crippen LogP contribution in [0.4, 0.5) is 5.69 Å². The predicted octanol–water partition coefficient (Wildman–Crippen LogP) is 2.80. The number of amides is 1. The normalized spacial score (nSPS) is 10.0. The van der Waals surface area contributed by atoms with Crippen molar-refractivity contribution in [2.45, 2.75) is 6.92 Å². The molecule has 1 amide bonds. The van der Waals surface area contributed by atoms with E-state index in [1.165, 1.54) is 12.4 Å². The highest BCUT2D eigenvalue weighted by Gasteiger charge is 2.08. The molecule has 86 valence electrons. The standard InChI is InChI=1S/C12H10BrN3O/c1-8-2-3-10(13)11(6-8)16-12(17)9-4-5-14-15-7-9/h2-7H,1H3,(H,16,17). The second-order valence-corrected chi connectivity index (χ2v) is 4.42. The third-order valence-corrected chi connectivity index (χ3v) is 2.91. The molecule has 0 radical (unpaired) electrons. The van der Waals surface area contributed by atoms with Crippen molar-refractivity contribution in [3.8, 4) is 0 Å². The Morgan fingerprint density at radius 2 is 2.12 bits per heavy atom. The van der Waals surface area contributed by atoms with E-state index < -0.39 is 0 Å². The van der Waals surface area contributed by atoms with Gasteiger partial charge in [0.05, 0.1) is 23.6 Å². The highest BCUT2D eigenvalue weighted by molar-refractivity contribution is 9.10. The molecule has 0 fully saturated rings. The van der Waals surface area contributed by atoms with Crippen LogP contribution in [0.3, 0.4) is 0 Å². The maximum Gasteiger partial charge on any atom is 0.257 e. The van der Waals surface area contributed by atoms with Gasteiger partial charge in [0.2, 0.25) is 0 Å². The van der Waals surface area contributed by atoms with E-state index in [-0.39, 0.29) is 5.91 Å². The van der Waals surface area contributed by atoms with Gasteiger partial charge in [0.15, 0.2) is 0 Å². The molecule has 0 aliphatic rings. The summed E-state index contributed by atoms with van der Waals surface area (Å²) >= 11 is 3.39. The smallest absolute Gasteiger partial charge is 0.257 e. The monoisotopic (exact) mass is 291 g/mol. The van der Waals surface area contributed by atoms with E-state index in [4.69, 9.17) is 0 Å². The Kier molecular flexibility index (Phi) is 3.49. The quantitative estimate of drug-likeness (QED) is 0.926. The predicted molar refractivity (Wildman–Crippen MR) is 68.9 cm³/mol. The van der Waals surface area contributed by atoms with Crippen molar-refractivity contribution in [3.05, 3.63) is 52.3 Å². The molecule has 1 aromatic carbocycles. The summed E-state index contributed by atoms with van der Waals surface area (Å²) in [4.78, 5) is 11.9. The number of benzene rings is 1. The van der Waals surface area contributed by atoms with Crippen molar-refractivity contribution in [1.82, 2.24) is 10.2 Å². The summed E-state index contributed by atoms with van der Waals surface area (Å²) in [7, 11) is 0. The molecule has 0 bridgehead atoms. The van der Waals surface area contributed by atoms with Crippen molar-refractivity contribution >= 4 is 27.5 Å². The van der Waals surface area contributed by atoms with Gasteiger partial charge in [-0.15, -0.1) is 0 Å². The molecule has 4 nitrogen and oxygen atoms in total. The Bertz CT molecular complexity index is 543. The summed E-state index contributed by atoms with van der Waals surface area (Å²) in [6.07, 6.45) is 2.92. The topological polar surface area (TPSA) is 54.9 Å². The molecule has 17 heavy (non-hydrogen) atoms. The average Bonchev–Trinajstić information content (AvgIpc) is 2.35. The van der Waals surface area contributed by atoms with E-state index in [0.29, 0.717) is 5.56 Å². The Morgan fingerprint density at radius 1 is 1.29 bits per heavy atom. The number of nitrogens with one attached hydrogen (secondary N) is 1. The first-order valence-corrected chi connectivity index (χ1v) is 5.80. The number of aryl methyl sites for hydroxylation is 1. The SMILES string of the molecule is Cc1ccc(Br)c(NC(=O)c2ccnnc2)c1. The van der Waals surface area contributed by atoms with Crippen molar-refractivity contribution in [2.24, 2.45) is 0 Å². The summed E-state index contributed by atoms with van der Waals surface area (Å²) in [5.41, 5.74) is 2.30. The van der Waals surface area contributed by atoms with Crippen LogP contribution in [0.1, 0.15) is 15.9 Å². The molecule has 0 atom stereocenters. The maximum absolute atomic E-state index is 11.9. The van der Waals surface area contributed by atoms with Gasteiger partial charge >= 0.3 is 0 Å². The van der Waals surface area contributed by atoms with Crippen LogP contribution in [-0.4, -0.2) is 16.1 Å². The number of nitrogens with zero attached hydrogens (tertiary/aromatic N) is 2. The fourth-order valence-corrected chi connectivity index (χ4v) is 1.70. The molecule has 0 aliphatic heterocycles. The minimum absolute atomic E-state index is 0.203. The van der Waals surface area contributed by atoms with Gasteiger partial charge in [-0.1, -0.05) is 6.07 Å². The van der Waals surface area contributed by atoms with Gasteiger partial charge in [-0.3, -0.25) is 4.79 Å². The Morgan fingerprint density at radius 3 is 2.82 bits per heavy atom. The first-order chi connectivity index (χ1) is 8.16. The molecule has 0 aliphatic carbocycles. The van der Waals surface area contributed by atoms with Crippen LogP contribution in [0, 0.1) is 6.92 Å². The molecule has 0 saturated carbocycles. The van der Waals surface area contributed by atoms with E-state index in [1.54, 1.807) is 6.07 Å². The first kappa shape index (κ1) is 11.7. The van der Waals surface area contributed by atoms with Crippen LogP contribution in [0.5, 0.6) is 0 Å². The summed E-state index contributed by atoms with van der Waals surface area (Å²) in [5, 5.41) is 10.1. The van der Waals surface area contributed by atoms with Gasteiger partial charge < -0.3 is 5.32 Å². The van der Waals surface area contributed by atoms with E-state index in [1.807, 2.05) is 25.1 Å². The lowest BCUT2D eigenvalue weighted by Crippen LogP contribution is -2.12. The number of carbonyl (C=O) groups excluding carboxylic acids is 1. The minimum atomic E-state index is -0.203. The third kappa shape index (κ3) is 2.88. The highest BCUT2D eigenvalue weighted by Crippen LogP contribution is 2.23. The summed E-state index contributed by atoms with van der Waals surface area (Å²) in [6.45, 7) is 1.97. The fourth-order valence-electron chi connectivity index (χ4n) is 1.35. The van der Waals surface area contributed by atoms with Crippen LogP contribution >= 0.6 is 15.9 Å². The Balaban J connectivity index is 2.22. The minimum Gasteiger partial charge on any atom is -0.321 e. The van der Waals surface area contributed by atoms with Crippen molar-refractivity contribution < 1.29 is 4.79 Å². The maximum atomic E-state index is 11.9. The zero-order valence-corrected chi connectivity index (χ0v) is 10.7. The van der Waals surface area contributed by atoms with Crippen molar-refractivity contribution in [2.75, 3.05) is 5.32 Å². The van der Waals surface area contributed by atoms with E-state index >= 15 is 0 Å². The van der Waals surface area contributed by atoms with Gasteiger partial charge in [-0.05, 0) is 46.6 Å². The zero-order chi connectivity index (χ0) is 12.3. The van der Waals surface area contributed by atoms with Gasteiger partial charge in [-0.2, -0.15) is 10.2 Å². The van der Waals surface area contributed by atoms with Crippen LogP contribution in [0.2, 0.25) is 0 Å². The first-order valence-electron chi connectivity index (χ1n) is 5.01. The van der Waals surface area contributed by atoms with Crippen LogP contribution in [0.25, 0.3) is 0 Å².